The number of rotatable bonds is 10. The molecule has 2 aromatic carbocycles. The number of nitrogens with zero attached hydrogens (tertiary/aromatic N) is 3. The fraction of sp³-hybridized carbons (Fsp3) is 0.367. The van der Waals surface area contributed by atoms with Gasteiger partial charge in [-0.3, -0.25) is 24.6 Å². The Hall–Kier alpha value is -4.11. The van der Waals surface area contributed by atoms with Gasteiger partial charge in [-0.15, -0.1) is 0 Å². The minimum absolute atomic E-state index is 0.0232. The lowest BCUT2D eigenvalue weighted by Crippen LogP contribution is -2.34. The number of nitro benzene ring substituents is 1. The number of carbonyl (C=O) groups excluding carboxylic acids is 2. The van der Waals surface area contributed by atoms with Gasteiger partial charge in [0.15, 0.2) is 0 Å². The second-order valence-electron chi connectivity index (χ2n) is 10.4. The standard InChI is InChI=1S/C30H33N5O4/c36-29(32-14-10-21-12-16-34(17-13-21)20-22-4-2-1-3-5-22)25-8-9-26(27(18-25)35(38)39)24-11-15-31-28(19-24)33-30(37)23-6-7-23/h1-5,8-9,11,15,18-19,21,23H,6-7,10,12-14,16-17,20H2,(H,32,36)(H,31,33,37). The molecular formula is C30H33N5O4. The third-order valence-corrected chi connectivity index (χ3v) is 7.52. The van der Waals surface area contributed by atoms with Gasteiger partial charge in [0.2, 0.25) is 5.91 Å². The maximum absolute atomic E-state index is 12.8. The van der Waals surface area contributed by atoms with Gasteiger partial charge < -0.3 is 10.6 Å². The first-order valence-electron chi connectivity index (χ1n) is 13.6. The van der Waals surface area contributed by atoms with E-state index < -0.39 is 4.92 Å². The number of benzene rings is 2. The van der Waals surface area contributed by atoms with E-state index in [4.69, 9.17) is 0 Å². The van der Waals surface area contributed by atoms with Crippen molar-refractivity contribution < 1.29 is 14.5 Å². The van der Waals surface area contributed by atoms with E-state index in [1.54, 1.807) is 24.3 Å². The molecule has 2 N–H and O–H groups in total. The van der Waals surface area contributed by atoms with Crippen molar-refractivity contribution in [2.24, 2.45) is 11.8 Å². The SMILES string of the molecule is O=C(NCCC1CCN(Cc2ccccc2)CC1)c1ccc(-c2ccnc(NC(=O)C3CC3)c2)c([N+](=O)[O-])c1. The molecule has 1 aliphatic heterocycles. The first-order chi connectivity index (χ1) is 19.0. The minimum Gasteiger partial charge on any atom is -0.352 e. The zero-order valence-electron chi connectivity index (χ0n) is 21.8. The van der Waals surface area contributed by atoms with Crippen molar-refractivity contribution in [3.8, 4) is 11.1 Å². The van der Waals surface area contributed by atoms with E-state index in [1.807, 2.05) is 6.07 Å². The molecule has 1 saturated carbocycles. The van der Waals surface area contributed by atoms with Crippen molar-refractivity contribution in [3.05, 3.63) is 88.1 Å². The fourth-order valence-electron chi connectivity index (χ4n) is 5.08. The molecule has 0 atom stereocenters. The normalized spacial score (nSPS) is 16.0. The summed E-state index contributed by atoms with van der Waals surface area (Å²) in [5.41, 5.74) is 2.32. The van der Waals surface area contributed by atoms with Crippen LogP contribution in [0.25, 0.3) is 11.1 Å². The van der Waals surface area contributed by atoms with Crippen molar-refractivity contribution in [1.82, 2.24) is 15.2 Å². The second-order valence-corrected chi connectivity index (χ2v) is 10.4. The minimum atomic E-state index is -0.488. The topological polar surface area (TPSA) is 117 Å². The molecule has 0 unspecified atom stereocenters. The van der Waals surface area contributed by atoms with Crippen molar-refractivity contribution in [2.75, 3.05) is 25.0 Å². The second kappa shape index (κ2) is 12.2. The molecule has 2 aliphatic rings. The number of anilines is 1. The monoisotopic (exact) mass is 527 g/mol. The number of pyridine rings is 1. The van der Waals surface area contributed by atoms with Crippen LogP contribution in [0.4, 0.5) is 11.5 Å². The van der Waals surface area contributed by atoms with E-state index in [-0.39, 0.29) is 29.0 Å². The van der Waals surface area contributed by atoms with E-state index in [0.717, 1.165) is 51.7 Å². The Morgan fingerprint density at radius 2 is 1.77 bits per heavy atom. The number of piperidine rings is 1. The van der Waals surface area contributed by atoms with Crippen LogP contribution in [0.5, 0.6) is 0 Å². The van der Waals surface area contributed by atoms with Gasteiger partial charge in [0, 0.05) is 36.8 Å². The maximum Gasteiger partial charge on any atom is 0.277 e. The Balaban J connectivity index is 1.15. The lowest BCUT2D eigenvalue weighted by molar-refractivity contribution is -0.384. The molecule has 2 fully saturated rings. The Kier molecular flexibility index (Phi) is 8.27. The van der Waals surface area contributed by atoms with Crippen LogP contribution in [0.1, 0.15) is 48.0 Å². The maximum atomic E-state index is 12.8. The highest BCUT2D eigenvalue weighted by molar-refractivity contribution is 5.96. The van der Waals surface area contributed by atoms with Crippen molar-refractivity contribution in [2.45, 2.75) is 38.6 Å². The van der Waals surface area contributed by atoms with Crippen LogP contribution in [0.15, 0.2) is 66.9 Å². The van der Waals surface area contributed by atoms with Gasteiger partial charge in [-0.2, -0.15) is 0 Å². The fourth-order valence-corrected chi connectivity index (χ4v) is 5.08. The van der Waals surface area contributed by atoms with Gasteiger partial charge in [0.05, 0.1) is 10.5 Å². The van der Waals surface area contributed by atoms with E-state index in [1.165, 1.54) is 17.8 Å². The van der Waals surface area contributed by atoms with Gasteiger partial charge in [-0.25, -0.2) is 4.98 Å². The summed E-state index contributed by atoms with van der Waals surface area (Å²) >= 11 is 0. The first-order valence-corrected chi connectivity index (χ1v) is 13.6. The Bertz CT molecular complexity index is 1330. The smallest absolute Gasteiger partial charge is 0.277 e. The number of nitro groups is 1. The molecule has 1 aromatic heterocycles. The molecule has 9 nitrogen and oxygen atoms in total. The van der Waals surface area contributed by atoms with E-state index in [2.05, 4.69) is 44.8 Å². The average molecular weight is 528 g/mol. The van der Waals surface area contributed by atoms with E-state index in [0.29, 0.717) is 29.4 Å². The molecule has 0 radical (unpaired) electrons. The lowest BCUT2D eigenvalue weighted by atomic mass is 9.93. The number of amides is 2. The predicted molar refractivity (Wildman–Crippen MR) is 149 cm³/mol. The predicted octanol–water partition coefficient (Wildman–Crippen LogP) is 5.04. The Morgan fingerprint density at radius 1 is 1.00 bits per heavy atom. The van der Waals surface area contributed by atoms with Crippen molar-refractivity contribution in [3.63, 3.8) is 0 Å². The number of hydrogen-bond acceptors (Lipinski definition) is 6. The molecule has 2 heterocycles. The van der Waals surface area contributed by atoms with Crippen molar-refractivity contribution in [1.29, 1.82) is 0 Å². The molecule has 3 aromatic rings. The van der Waals surface area contributed by atoms with Crippen molar-refractivity contribution >= 4 is 23.3 Å². The van der Waals surface area contributed by atoms with Gasteiger partial charge in [0.1, 0.15) is 5.82 Å². The number of likely N-dealkylation sites (tertiary alicyclic amines) is 1. The summed E-state index contributed by atoms with van der Waals surface area (Å²) in [4.78, 5) is 42.9. The van der Waals surface area contributed by atoms with Crippen LogP contribution in [-0.2, 0) is 11.3 Å². The van der Waals surface area contributed by atoms with Gasteiger partial charge >= 0.3 is 0 Å². The summed E-state index contributed by atoms with van der Waals surface area (Å²) in [5.74, 6) is 0.522. The molecular weight excluding hydrogens is 494 g/mol. The molecule has 9 heteroatoms. The Morgan fingerprint density at radius 3 is 2.49 bits per heavy atom. The summed E-state index contributed by atoms with van der Waals surface area (Å²) in [7, 11) is 0. The molecule has 202 valence electrons. The molecule has 1 saturated heterocycles. The zero-order valence-corrected chi connectivity index (χ0v) is 21.8. The highest BCUT2D eigenvalue weighted by Gasteiger charge is 2.30. The quantitative estimate of drug-likeness (QED) is 0.282. The largest absolute Gasteiger partial charge is 0.352 e. The third kappa shape index (κ3) is 7.06. The van der Waals surface area contributed by atoms with E-state index in [9.17, 15) is 19.7 Å². The van der Waals surface area contributed by atoms with E-state index >= 15 is 0 Å². The summed E-state index contributed by atoms with van der Waals surface area (Å²) < 4.78 is 0. The van der Waals surface area contributed by atoms with Gasteiger partial charge in [-0.05, 0) is 86.5 Å². The number of aromatic nitrogens is 1. The molecule has 2 amide bonds. The van der Waals surface area contributed by atoms with Crippen LogP contribution < -0.4 is 10.6 Å². The highest BCUT2D eigenvalue weighted by atomic mass is 16.6. The average Bonchev–Trinajstić information content (AvgIpc) is 3.80. The van der Waals surface area contributed by atoms with Crippen LogP contribution in [0, 0.1) is 22.0 Å². The first kappa shape index (κ1) is 26.5. The Labute approximate surface area is 227 Å². The van der Waals surface area contributed by atoms with Gasteiger partial charge in [-0.1, -0.05) is 30.3 Å². The number of nitrogens with one attached hydrogen (secondary N) is 2. The summed E-state index contributed by atoms with van der Waals surface area (Å²) in [6.07, 6.45) is 6.32. The van der Waals surface area contributed by atoms with Crippen LogP contribution >= 0.6 is 0 Å². The van der Waals surface area contributed by atoms with Gasteiger partial charge in [0.25, 0.3) is 11.6 Å². The summed E-state index contributed by atoms with van der Waals surface area (Å²) in [6, 6.07) is 18.2. The number of carbonyl (C=O) groups is 2. The third-order valence-electron chi connectivity index (χ3n) is 7.52. The zero-order chi connectivity index (χ0) is 27.2. The lowest BCUT2D eigenvalue weighted by Gasteiger charge is -2.32. The summed E-state index contributed by atoms with van der Waals surface area (Å²) in [6.45, 7) is 3.59. The summed E-state index contributed by atoms with van der Waals surface area (Å²) in [5, 5.41) is 17.6. The van der Waals surface area contributed by atoms with Crippen LogP contribution in [0.2, 0.25) is 0 Å². The van der Waals surface area contributed by atoms with Crippen LogP contribution in [-0.4, -0.2) is 46.3 Å². The number of hydrogen-bond donors (Lipinski definition) is 2. The molecule has 0 bridgehead atoms. The molecule has 39 heavy (non-hydrogen) atoms. The molecule has 0 spiro atoms. The molecule has 1 aliphatic carbocycles. The molecule has 5 rings (SSSR count). The highest BCUT2D eigenvalue weighted by Crippen LogP contribution is 2.33. The van der Waals surface area contributed by atoms with Crippen LogP contribution in [0.3, 0.4) is 0 Å².